The van der Waals surface area contributed by atoms with Gasteiger partial charge in [-0.1, -0.05) is 6.07 Å². The first kappa shape index (κ1) is 13.7. The molecule has 0 bridgehead atoms. The van der Waals surface area contributed by atoms with Crippen LogP contribution in [0.4, 0.5) is 18.9 Å². The van der Waals surface area contributed by atoms with Crippen LogP contribution < -0.4 is 0 Å². The number of hydrogen-bond donors (Lipinski definition) is 1. The van der Waals surface area contributed by atoms with E-state index in [4.69, 9.17) is 5.11 Å². The Morgan fingerprint density at radius 1 is 1.39 bits per heavy atom. The number of benzene rings is 1. The zero-order chi connectivity index (χ0) is 13.9. The van der Waals surface area contributed by atoms with Crippen LogP contribution in [0.25, 0.3) is 6.08 Å². The SMILES string of the molecule is O=C(O)/C=C/c1c([N+](=O)[O-])cccc1C(F)(F)F. The van der Waals surface area contributed by atoms with Crippen molar-refractivity contribution >= 4 is 17.7 Å². The van der Waals surface area contributed by atoms with Crippen LogP contribution in [0.15, 0.2) is 24.3 Å². The van der Waals surface area contributed by atoms with E-state index >= 15 is 0 Å². The first-order chi connectivity index (χ1) is 8.23. The molecule has 8 heteroatoms. The molecule has 0 aliphatic carbocycles. The Morgan fingerprint density at radius 3 is 2.44 bits per heavy atom. The van der Waals surface area contributed by atoms with E-state index in [2.05, 4.69) is 0 Å². The number of rotatable bonds is 3. The minimum atomic E-state index is -4.80. The lowest BCUT2D eigenvalue weighted by atomic mass is 10.0. The number of nitrogens with zero attached hydrogens (tertiary/aromatic N) is 1. The van der Waals surface area contributed by atoms with Crippen molar-refractivity contribution in [1.82, 2.24) is 0 Å². The number of carbonyl (C=O) groups is 1. The van der Waals surface area contributed by atoms with Gasteiger partial charge in [-0.15, -0.1) is 0 Å². The van der Waals surface area contributed by atoms with Gasteiger partial charge >= 0.3 is 12.1 Å². The highest BCUT2D eigenvalue weighted by atomic mass is 19.4. The average Bonchev–Trinajstić information content (AvgIpc) is 2.24. The Labute approximate surface area is 98.3 Å². The number of alkyl halides is 3. The average molecular weight is 261 g/mol. The van der Waals surface area contributed by atoms with E-state index in [1.807, 2.05) is 0 Å². The van der Waals surface area contributed by atoms with Crippen molar-refractivity contribution in [1.29, 1.82) is 0 Å². The van der Waals surface area contributed by atoms with Crippen molar-refractivity contribution in [2.75, 3.05) is 0 Å². The fourth-order valence-electron chi connectivity index (χ4n) is 1.29. The molecule has 0 spiro atoms. The van der Waals surface area contributed by atoms with Crippen LogP contribution in [-0.2, 0) is 11.0 Å². The third-order valence-corrected chi connectivity index (χ3v) is 1.98. The number of carboxylic acids is 1. The van der Waals surface area contributed by atoms with E-state index in [1.54, 1.807) is 0 Å². The molecule has 0 heterocycles. The summed E-state index contributed by atoms with van der Waals surface area (Å²) < 4.78 is 37.8. The van der Waals surface area contributed by atoms with Crippen LogP contribution in [0.5, 0.6) is 0 Å². The quantitative estimate of drug-likeness (QED) is 0.515. The molecule has 5 nitrogen and oxygen atoms in total. The Morgan fingerprint density at radius 2 is 2.00 bits per heavy atom. The molecule has 0 aliphatic heterocycles. The summed E-state index contributed by atoms with van der Waals surface area (Å²) >= 11 is 0. The molecule has 0 aliphatic rings. The van der Waals surface area contributed by atoms with E-state index in [1.165, 1.54) is 0 Å². The van der Waals surface area contributed by atoms with E-state index in [0.717, 1.165) is 12.1 Å². The van der Waals surface area contributed by atoms with Crippen LogP contribution in [-0.4, -0.2) is 16.0 Å². The largest absolute Gasteiger partial charge is 0.478 e. The third-order valence-electron chi connectivity index (χ3n) is 1.98. The van der Waals surface area contributed by atoms with E-state index < -0.39 is 33.9 Å². The Kier molecular flexibility index (Phi) is 3.70. The molecule has 1 aromatic rings. The van der Waals surface area contributed by atoms with Crippen molar-refractivity contribution < 1.29 is 28.0 Å². The second-order valence-corrected chi connectivity index (χ2v) is 3.16. The molecular weight excluding hydrogens is 255 g/mol. The van der Waals surface area contributed by atoms with Gasteiger partial charge < -0.3 is 5.11 Å². The van der Waals surface area contributed by atoms with Gasteiger partial charge in [-0.25, -0.2) is 4.79 Å². The molecular formula is C10H6F3NO4. The van der Waals surface area contributed by atoms with Crippen LogP contribution >= 0.6 is 0 Å². The van der Waals surface area contributed by atoms with Crippen LogP contribution in [0.3, 0.4) is 0 Å². The standard InChI is InChI=1S/C10H6F3NO4/c11-10(12,13)7-2-1-3-8(14(17)18)6(7)4-5-9(15)16/h1-5H,(H,15,16)/b5-4+. The summed E-state index contributed by atoms with van der Waals surface area (Å²) in [5, 5.41) is 19.0. The smallest absolute Gasteiger partial charge is 0.417 e. The Hall–Kier alpha value is -2.38. The number of aliphatic carboxylic acids is 1. The molecule has 0 aromatic heterocycles. The molecule has 18 heavy (non-hydrogen) atoms. The lowest BCUT2D eigenvalue weighted by Gasteiger charge is -2.09. The molecule has 1 rings (SSSR count). The summed E-state index contributed by atoms with van der Waals surface area (Å²) in [4.78, 5) is 19.9. The van der Waals surface area contributed by atoms with Crippen molar-refractivity contribution in [3.63, 3.8) is 0 Å². The summed E-state index contributed by atoms with van der Waals surface area (Å²) in [7, 11) is 0. The summed E-state index contributed by atoms with van der Waals surface area (Å²) in [5.41, 5.74) is -2.84. The highest BCUT2D eigenvalue weighted by Crippen LogP contribution is 2.36. The predicted molar refractivity (Wildman–Crippen MR) is 54.8 cm³/mol. The van der Waals surface area contributed by atoms with E-state index in [-0.39, 0.29) is 0 Å². The molecule has 0 amide bonds. The highest BCUT2D eigenvalue weighted by molar-refractivity contribution is 5.86. The van der Waals surface area contributed by atoms with Crippen LogP contribution in [0, 0.1) is 10.1 Å². The Bertz CT molecular complexity index is 522. The maximum atomic E-state index is 12.6. The fraction of sp³-hybridized carbons (Fsp3) is 0.100. The maximum Gasteiger partial charge on any atom is 0.417 e. The van der Waals surface area contributed by atoms with Crippen molar-refractivity contribution in [2.24, 2.45) is 0 Å². The zero-order valence-electron chi connectivity index (χ0n) is 8.64. The van der Waals surface area contributed by atoms with Gasteiger partial charge in [0, 0.05) is 12.1 Å². The molecule has 0 unspecified atom stereocenters. The van der Waals surface area contributed by atoms with E-state index in [0.29, 0.717) is 18.2 Å². The molecule has 0 radical (unpaired) electrons. The molecule has 0 fully saturated rings. The second kappa shape index (κ2) is 4.86. The van der Waals surface area contributed by atoms with Crippen molar-refractivity contribution in [3.8, 4) is 0 Å². The lowest BCUT2D eigenvalue weighted by Crippen LogP contribution is -2.09. The monoisotopic (exact) mass is 261 g/mol. The summed E-state index contributed by atoms with van der Waals surface area (Å²) in [6.45, 7) is 0. The molecule has 1 N–H and O–H groups in total. The number of nitro benzene ring substituents is 1. The van der Waals surface area contributed by atoms with Gasteiger partial charge in [0.15, 0.2) is 0 Å². The highest BCUT2D eigenvalue weighted by Gasteiger charge is 2.35. The normalized spacial score (nSPS) is 11.7. The number of carboxylic acid groups (broad SMARTS) is 1. The fourth-order valence-corrected chi connectivity index (χ4v) is 1.29. The van der Waals surface area contributed by atoms with Gasteiger partial charge in [0.1, 0.15) is 0 Å². The zero-order valence-corrected chi connectivity index (χ0v) is 8.64. The summed E-state index contributed by atoms with van der Waals surface area (Å²) in [5.74, 6) is -1.50. The van der Waals surface area contributed by atoms with Crippen LogP contribution in [0.1, 0.15) is 11.1 Å². The number of hydrogen-bond acceptors (Lipinski definition) is 3. The molecule has 0 atom stereocenters. The lowest BCUT2D eigenvalue weighted by molar-refractivity contribution is -0.385. The van der Waals surface area contributed by atoms with Gasteiger partial charge in [-0.05, 0) is 12.1 Å². The topological polar surface area (TPSA) is 80.4 Å². The van der Waals surface area contributed by atoms with Gasteiger partial charge in [0.25, 0.3) is 5.69 Å². The summed E-state index contributed by atoms with van der Waals surface area (Å²) in [6.07, 6.45) is -3.83. The molecule has 0 saturated heterocycles. The third kappa shape index (κ3) is 3.06. The first-order valence-electron chi connectivity index (χ1n) is 4.49. The van der Waals surface area contributed by atoms with Crippen molar-refractivity contribution in [3.05, 3.63) is 45.5 Å². The van der Waals surface area contributed by atoms with E-state index in [9.17, 15) is 28.1 Å². The maximum absolute atomic E-state index is 12.6. The minimum absolute atomic E-state index is 0.414. The number of halogens is 3. The van der Waals surface area contributed by atoms with Crippen LogP contribution in [0.2, 0.25) is 0 Å². The molecule has 0 saturated carbocycles. The predicted octanol–water partition coefficient (Wildman–Crippen LogP) is 2.71. The number of nitro groups is 1. The molecule has 96 valence electrons. The Balaban J connectivity index is 3.49. The van der Waals surface area contributed by atoms with Gasteiger partial charge in [0.05, 0.1) is 16.1 Å². The summed E-state index contributed by atoms with van der Waals surface area (Å²) in [6, 6.07) is 2.41. The minimum Gasteiger partial charge on any atom is -0.478 e. The van der Waals surface area contributed by atoms with Gasteiger partial charge in [-0.2, -0.15) is 13.2 Å². The molecule has 1 aromatic carbocycles. The van der Waals surface area contributed by atoms with Crippen molar-refractivity contribution in [2.45, 2.75) is 6.18 Å². The van der Waals surface area contributed by atoms with Gasteiger partial charge in [0.2, 0.25) is 0 Å². The van der Waals surface area contributed by atoms with Gasteiger partial charge in [-0.3, -0.25) is 10.1 Å². The second-order valence-electron chi connectivity index (χ2n) is 3.16. The first-order valence-corrected chi connectivity index (χ1v) is 4.49.